The molecule has 2 rings (SSSR count). The number of rotatable bonds is 2. The number of aromatic carboxylic acids is 1. The Morgan fingerprint density at radius 2 is 2.50 bits per heavy atom. The zero-order chi connectivity index (χ0) is 10.1. The van der Waals surface area contributed by atoms with Crippen molar-refractivity contribution in [2.24, 2.45) is 0 Å². The van der Waals surface area contributed by atoms with Crippen LogP contribution in [0.15, 0.2) is 4.52 Å². The van der Waals surface area contributed by atoms with Crippen molar-refractivity contribution in [1.82, 2.24) is 15.0 Å². The van der Waals surface area contributed by atoms with Crippen molar-refractivity contribution in [3.63, 3.8) is 0 Å². The van der Waals surface area contributed by atoms with Crippen molar-refractivity contribution < 1.29 is 14.4 Å². The SMILES string of the molecule is CN1CCC(c2noc(C(=O)O)n2)C1. The van der Waals surface area contributed by atoms with Gasteiger partial charge >= 0.3 is 11.9 Å². The highest BCUT2D eigenvalue weighted by molar-refractivity contribution is 5.81. The highest BCUT2D eigenvalue weighted by Gasteiger charge is 2.26. The molecule has 0 spiro atoms. The van der Waals surface area contributed by atoms with Crippen LogP contribution in [0.3, 0.4) is 0 Å². The van der Waals surface area contributed by atoms with Crippen LogP contribution in [-0.4, -0.2) is 46.3 Å². The Hall–Kier alpha value is -1.43. The van der Waals surface area contributed by atoms with E-state index in [0.29, 0.717) is 5.82 Å². The number of carboxylic acid groups (broad SMARTS) is 1. The average Bonchev–Trinajstić information content (AvgIpc) is 2.70. The number of likely N-dealkylation sites (N-methyl/N-ethyl adjacent to an activating group) is 1. The first-order chi connectivity index (χ1) is 6.66. The van der Waals surface area contributed by atoms with Crippen molar-refractivity contribution in [3.05, 3.63) is 11.7 Å². The van der Waals surface area contributed by atoms with Gasteiger partial charge in [0.2, 0.25) is 0 Å². The zero-order valence-electron chi connectivity index (χ0n) is 7.80. The van der Waals surface area contributed by atoms with E-state index >= 15 is 0 Å². The molecule has 2 heterocycles. The fourth-order valence-electron chi connectivity index (χ4n) is 1.63. The molecule has 1 unspecified atom stereocenters. The molecule has 1 saturated heterocycles. The Morgan fingerprint density at radius 3 is 3.00 bits per heavy atom. The van der Waals surface area contributed by atoms with Gasteiger partial charge in [-0.05, 0) is 20.0 Å². The molecule has 0 radical (unpaired) electrons. The molecule has 76 valence electrons. The van der Waals surface area contributed by atoms with E-state index in [-0.39, 0.29) is 11.8 Å². The van der Waals surface area contributed by atoms with E-state index in [4.69, 9.17) is 5.11 Å². The summed E-state index contributed by atoms with van der Waals surface area (Å²) in [6, 6.07) is 0. The van der Waals surface area contributed by atoms with E-state index < -0.39 is 5.97 Å². The van der Waals surface area contributed by atoms with Crippen LogP contribution in [-0.2, 0) is 0 Å². The normalized spacial score (nSPS) is 22.8. The summed E-state index contributed by atoms with van der Waals surface area (Å²) >= 11 is 0. The maximum atomic E-state index is 10.5. The summed E-state index contributed by atoms with van der Waals surface area (Å²) in [5.74, 6) is -0.784. The van der Waals surface area contributed by atoms with Gasteiger partial charge in [-0.3, -0.25) is 0 Å². The number of carboxylic acids is 1. The largest absolute Gasteiger partial charge is 0.474 e. The average molecular weight is 197 g/mol. The van der Waals surface area contributed by atoms with Crippen molar-refractivity contribution >= 4 is 5.97 Å². The summed E-state index contributed by atoms with van der Waals surface area (Å²) in [5.41, 5.74) is 0. The van der Waals surface area contributed by atoms with E-state index in [0.717, 1.165) is 19.5 Å². The van der Waals surface area contributed by atoms with Gasteiger partial charge in [0.15, 0.2) is 5.82 Å². The number of nitrogens with zero attached hydrogens (tertiary/aromatic N) is 3. The van der Waals surface area contributed by atoms with Gasteiger partial charge in [-0.15, -0.1) is 0 Å². The van der Waals surface area contributed by atoms with Crippen molar-refractivity contribution in [2.45, 2.75) is 12.3 Å². The standard InChI is InChI=1S/C8H11N3O3/c1-11-3-2-5(4-11)6-9-7(8(12)13)14-10-6/h5H,2-4H2,1H3,(H,12,13). The summed E-state index contributed by atoms with van der Waals surface area (Å²) in [5, 5.41) is 12.2. The van der Waals surface area contributed by atoms with Crippen molar-refractivity contribution in [2.75, 3.05) is 20.1 Å². The van der Waals surface area contributed by atoms with Gasteiger partial charge in [-0.2, -0.15) is 4.98 Å². The molecule has 1 N–H and O–H groups in total. The van der Waals surface area contributed by atoms with Gasteiger partial charge in [0.25, 0.3) is 0 Å². The van der Waals surface area contributed by atoms with Crippen LogP contribution < -0.4 is 0 Å². The minimum atomic E-state index is -1.17. The molecule has 1 fully saturated rings. The molecule has 1 aliphatic rings. The Balaban J connectivity index is 2.13. The van der Waals surface area contributed by atoms with Crippen LogP contribution in [0.25, 0.3) is 0 Å². The number of carbonyl (C=O) groups is 1. The zero-order valence-corrected chi connectivity index (χ0v) is 7.80. The summed E-state index contributed by atoms with van der Waals surface area (Å²) in [6.07, 6.45) is 0.953. The third-order valence-corrected chi connectivity index (χ3v) is 2.38. The summed E-state index contributed by atoms with van der Waals surface area (Å²) in [6.45, 7) is 1.85. The lowest BCUT2D eigenvalue weighted by Crippen LogP contribution is -2.13. The van der Waals surface area contributed by atoms with Gasteiger partial charge in [0.05, 0.1) is 0 Å². The third kappa shape index (κ3) is 1.60. The van der Waals surface area contributed by atoms with Crippen LogP contribution in [0.5, 0.6) is 0 Å². The molecule has 1 aliphatic heterocycles. The second-order valence-electron chi connectivity index (χ2n) is 3.51. The Morgan fingerprint density at radius 1 is 1.71 bits per heavy atom. The van der Waals surface area contributed by atoms with Gasteiger partial charge in [0.1, 0.15) is 0 Å². The first kappa shape index (κ1) is 9.14. The van der Waals surface area contributed by atoms with Crippen LogP contribution in [0.1, 0.15) is 28.8 Å². The molecule has 0 aromatic carbocycles. The molecule has 0 bridgehead atoms. The van der Waals surface area contributed by atoms with E-state index in [9.17, 15) is 4.79 Å². The maximum Gasteiger partial charge on any atom is 0.394 e. The number of hydrogen-bond acceptors (Lipinski definition) is 5. The second-order valence-corrected chi connectivity index (χ2v) is 3.51. The minimum absolute atomic E-state index is 0.205. The number of aromatic nitrogens is 2. The van der Waals surface area contributed by atoms with E-state index in [2.05, 4.69) is 19.6 Å². The predicted molar refractivity (Wildman–Crippen MR) is 46.1 cm³/mol. The molecule has 0 amide bonds. The first-order valence-electron chi connectivity index (χ1n) is 4.42. The summed E-state index contributed by atoms with van der Waals surface area (Å²) < 4.78 is 4.59. The van der Waals surface area contributed by atoms with Crippen molar-refractivity contribution in [1.29, 1.82) is 0 Å². The lowest BCUT2D eigenvalue weighted by molar-refractivity contribution is 0.0643. The minimum Gasteiger partial charge on any atom is -0.474 e. The molecule has 1 atom stereocenters. The smallest absolute Gasteiger partial charge is 0.394 e. The molecule has 6 heteroatoms. The van der Waals surface area contributed by atoms with E-state index in [1.165, 1.54) is 0 Å². The topological polar surface area (TPSA) is 79.5 Å². The molecule has 0 aliphatic carbocycles. The van der Waals surface area contributed by atoms with Gasteiger partial charge in [0, 0.05) is 12.5 Å². The predicted octanol–water partition coefficient (Wildman–Crippen LogP) is 0.187. The highest BCUT2D eigenvalue weighted by atomic mass is 16.5. The van der Waals surface area contributed by atoms with E-state index in [1.807, 2.05) is 7.05 Å². The molecule has 14 heavy (non-hydrogen) atoms. The van der Waals surface area contributed by atoms with Crippen LogP contribution in [0.2, 0.25) is 0 Å². The van der Waals surface area contributed by atoms with Gasteiger partial charge < -0.3 is 14.5 Å². The maximum absolute atomic E-state index is 10.5. The summed E-state index contributed by atoms with van der Waals surface area (Å²) in [7, 11) is 2.01. The quantitative estimate of drug-likeness (QED) is 0.728. The van der Waals surface area contributed by atoms with Crippen LogP contribution in [0, 0.1) is 0 Å². The highest BCUT2D eigenvalue weighted by Crippen LogP contribution is 2.23. The Kier molecular flexibility index (Phi) is 2.20. The molecular formula is C8H11N3O3. The van der Waals surface area contributed by atoms with Gasteiger partial charge in [-0.1, -0.05) is 5.16 Å². The molecule has 1 aromatic rings. The van der Waals surface area contributed by atoms with Crippen LogP contribution >= 0.6 is 0 Å². The first-order valence-corrected chi connectivity index (χ1v) is 4.42. The number of hydrogen-bond donors (Lipinski definition) is 1. The number of likely N-dealkylation sites (tertiary alicyclic amines) is 1. The lowest BCUT2D eigenvalue weighted by Gasteiger charge is -2.05. The Bertz CT molecular complexity index is 349. The van der Waals surface area contributed by atoms with Gasteiger partial charge in [-0.25, -0.2) is 4.79 Å². The second kappa shape index (κ2) is 3.38. The molecule has 0 saturated carbocycles. The monoisotopic (exact) mass is 197 g/mol. The van der Waals surface area contributed by atoms with Crippen LogP contribution in [0.4, 0.5) is 0 Å². The lowest BCUT2D eigenvalue weighted by atomic mass is 10.1. The third-order valence-electron chi connectivity index (χ3n) is 2.38. The molecular weight excluding hydrogens is 186 g/mol. The summed E-state index contributed by atoms with van der Waals surface area (Å²) in [4.78, 5) is 16.5. The fourth-order valence-corrected chi connectivity index (χ4v) is 1.63. The molecule has 1 aromatic heterocycles. The van der Waals surface area contributed by atoms with Crippen molar-refractivity contribution in [3.8, 4) is 0 Å². The fraction of sp³-hybridized carbons (Fsp3) is 0.625. The Labute approximate surface area is 80.5 Å². The van der Waals surface area contributed by atoms with E-state index in [1.54, 1.807) is 0 Å². The molecule has 6 nitrogen and oxygen atoms in total.